The summed E-state index contributed by atoms with van der Waals surface area (Å²) in [7, 11) is 0. The lowest BCUT2D eigenvalue weighted by Gasteiger charge is -2.39. The Morgan fingerprint density at radius 1 is 1.00 bits per heavy atom. The minimum Gasteiger partial charge on any atom is -0.454 e. The van der Waals surface area contributed by atoms with Crippen LogP contribution in [0.3, 0.4) is 0 Å². The molecule has 1 aromatic carbocycles. The summed E-state index contributed by atoms with van der Waals surface area (Å²) in [6, 6.07) is 6.74. The molecule has 1 aromatic heterocycles. The van der Waals surface area contributed by atoms with Crippen molar-refractivity contribution >= 4 is 17.3 Å². The number of nitrogens with two attached hydrogens (primary N) is 1. The molecule has 3 aliphatic rings. The number of aromatic nitrogens is 2. The van der Waals surface area contributed by atoms with Crippen LogP contribution in [0.2, 0.25) is 0 Å². The Balaban J connectivity index is 1.24. The van der Waals surface area contributed by atoms with Crippen LogP contribution in [-0.4, -0.2) is 60.4 Å². The normalized spacial score (nSPS) is 21.5. The van der Waals surface area contributed by atoms with Gasteiger partial charge in [-0.1, -0.05) is 13.0 Å². The van der Waals surface area contributed by atoms with Gasteiger partial charge in [0.05, 0.1) is 0 Å². The Bertz CT molecular complexity index is 915. The van der Waals surface area contributed by atoms with E-state index in [0.717, 1.165) is 74.5 Å². The average Bonchev–Trinajstić information content (AvgIpc) is 3.28. The zero-order chi connectivity index (χ0) is 21.2. The Morgan fingerprint density at radius 3 is 2.65 bits per heavy atom. The van der Waals surface area contributed by atoms with Crippen LogP contribution in [0, 0.1) is 0 Å². The smallest absolute Gasteiger partial charge is 0.231 e. The Morgan fingerprint density at radius 2 is 1.81 bits per heavy atom. The van der Waals surface area contributed by atoms with Gasteiger partial charge in [0.1, 0.15) is 12.0 Å². The zero-order valence-electron chi connectivity index (χ0n) is 18.3. The van der Waals surface area contributed by atoms with Gasteiger partial charge in [-0.15, -0.1) is 0 Å². The first-order valence-corrected chi connectivity index (χ1v) is 11.5. The summed E-state index contributed by atoms with van der Waals surface area (Å²) in [6.45, 7) is 8.24. The number of hydrogen-bond acceptors (Lipinski definition) is 8. The van der Waals surface area contributed by atoms with Crippen molar-refractivity contribution in [2.45, 2.75) is 45.2 Å². The number of piperazine rings is 1. The number of benzene rings is 1. The summed E-state index contributed by atoms with van der Waals surface area (Å²) in [5, 5.41) is 0. The van der Waals surface area contributed by atoms with E-state index < -0.39 is 0 Å². The Kier molecular flexibility index (Phi) is 5.72. The third-order valence-electron chi connectivity index (χ3n) is 6.73. The predicted octanol–water partition coefficient (Wildman–Crippen LogP) is 2.88. The van der Waals surface area contributed by atoms with E-state index in [1.807, 2.05) is 6.07 Å². The number of anilines is 3. The molecule has 0 aliphatic carbocycles. The lowest BCUT2D eigenvalue weighted by Crippen LogP contribution is -2.46. The van der Waals surface area contributed by atoms with Crippen LogP contribution in [0.1, 0.15) is 38.2 Å². The van der Waals surface area contributed by atoms with Crippen molar-refractivity contribution in [2.75, 3.05) is 55.1 Å². The van der Waals surface area contributed by atoms with Crippen LogP contribution in [0.15, 0.2) is 24.5 Å². The Labute approximate surface area is 184 Å². The molecule has 2 saturated heterocycles. The summed E-state index contributed by atoms with van der Waals surface area (Å²) in [4.78, 5) is 16.3. The van der Waals surface area contributed by atoms with Gasteiger partial charge >= 0.3 is 0 Å². The van der Waals surface area contributed by atoms with E-state index in [1.54, 1.807) is 6.33 Å². The molecule has 1 atom stereocenters. The molecule has 0 bridgehead atoms. The number of nitrogens with zero attached hydrogens (tertiary/aromatic N) is 5. The van der Waals surface area contributed by atoms with Crippen molar-refractivity contribution in [2.24, 2.45) is 0 Å². The maximum Gasteiger partial charge on any atom is 0.231 e. The van der Waals surface area contributed by atoms with Crippen LogP contribution in [0.25, 0.3) is 0 Å². The van der Waals surface area contributed by atoms with E-state index in [2.05, 4.69) is 43.7 Å². The van der Waals surface area contributed by atoms with Crippen molar-refractivity contribution in [3.63, 3.8) is 0 Å². The molecule has 0 spiro atoms. The van der Waals surface area contributed by atoms with E-state index in [-0.39, 0.29) is 0 Å². The minimum absolute atomic E-state index is 0.316. The maximum absolute atomic E-state index is 6.62. The second-order valence-corrected chi connectivity index (χ2v) is 8.64. The number of nitrogen functional groups attached to an aromatic ring is 1. The van der Waals surface area contributed by atoms with Crippen molar-refractivity contribution < 1.29 is 9.47 Å². The fourth-order valence-electron chi connectivity index (χ4n) is 4.98. The van der Waals surface area contributed by atoms with Crippen molar-refractivity contribution in [3.05, 3.63) is 30.1 Å². The van der Waals surface area contributed by atoms with Crippen molar-refractivity contribution in [1.29, 1.82) is 0 Å². The lowest BCUT2D eigenvalue weighted by molar-refractivity contribution is 0.174. The third kappa shape index (κ3) is 4.08. The van der Waals surface area contributed by atoms with E-state index in [4.69, 9.17) is 15.2 Å². The first kappa shape index (κ1) is 20.2. The monoisotopic (exact) mass is 424 g/mol. The number of hydrogen-bond donors (Lipinski definition) is 1. The molecule has 2 N–H and O–H groups in total. The summed E-state index contributed by atoms with van der Waals surface area (Å²) >= 11 is 0. The molecule has 5 rings (SSSR count). The summed E-state index contributed by atoms with van der Waals surface area (Å²) < 4.78 is 10.9. The fraction of sp³-hybridized carbons (Fsp3) is 0.565. The molecule has 0 radical (unpaired) electrons. The van der Waals surface area contributed by atoms with Gasteiger partial charge in [0.15, 0.2) is 23.1 Å². The van der Waals surface area contributed by atoms with Crippen molar-refractivity contribution in [3.8, 4) is 11.5 Å². The number of fused-ring (bicyclic) bond motifs is 1. The van der Waals surface area contributed by atoms with Crippen LogP contribution >= 0.6 is 0 Å². The molecule has 31 heavy (non-hydrogen) atoms. The third-order valence-corrected chi connectivity index (χ3v) is 6.73. The van der Waals surface area contributed by atoms with Gasteiger partial charge in [0, 0.05) is 45.3 Å². The zero-order valence-corrected chi connectivity index (χ0v) is 18.3. The highest BCUT2D eigenvalue weighted by molar-refractivity contribution is 5.76. The number of ether oxygens (including phenoxy) is 2. The molecule has 3 aliphatic heterocycles. The van der Waals surface area contributed by atoms with E-state index in [1.165, 1.54) is 24.8 Å². The molecule has 2 aromatic rings. The number of piperidine rings is 1. The molecule has 1 unspecified atom stereocenters. The van der Waals surface area contributed by atoms with Gasteiger partial charge in [-0.2, -0.15) is 0 Å². The second-order valence-electron chi connectivity index (χ2n) is 8.64. The first-order chi connectivity index (χ1) is 15.2. The topological polar surface area (TPSA) is 80.0 Å². The largest absolute Gasteiger partial charge is 0.454 e. The summed E-state index contributed by atoms with van der Waals surface area (Å²) in [6.07, 6.45) is 6.51. The van der Waals surface area contributed by atoms with Crippen LogP contribution in [0.5, 0.6) is 11.5 Å². The van der Waals surface area contributed by atoms with E-state index in [9.17, 15) is 0 Å². The Hall–Kier alpha value is -2.74. The van der Waals surface area contributed by atoms with E-state index in [0.29, 0.717) is 12.8 Å². The highest BCUT2D eigenvalue weighted by Gasteiger charge is 2.27. The first-order valence-electron chi connectivity index (χ1n) is 11.5. The molecule has 166 valence electrons. The van der Waals surface area contributed by atoms with Gasteiger partial charge in [-0.3, -0.25) is 4.90 Å². The summed E-state index contributed by atoms with van der Waals surface area (Å²) in [5.41, 5.74) is 8.60. The standard InChI is InChI=1S/C23H32N6O2/c1-2-18-5-3-4-8-29(18)23-21(24)22(25-15-26-23)28-11-9-27(10-12-28)14-17-6-7-19-20(13-17)31-16-30-19/h6-7,13,15,18H,2-5,8-12,14,16,24H2,1H3. The van der Waals surface area contributed by atoms with Gasteiger partial charge < -0.3 is 25.0 Å². The highest BCUT2D eigenvalue weighted by Crippen LogP contribution is 2.35. The minimum atomic E-state index is 0.316. The quantitative estimate of drug-likeness (QED) is 0.785. The predicted molar refractivity (Wildman–Crippen MR) is 122 cm³/mol. The molecule has 8 nitrogen and oxygen atoms in total. The molecule has 2 fully saturated rings. The molecule has 4 heterocycles. The summed E-state index contributed by atoms with van der Waals surface area (Å²) in [5.74, 6) is 3.48. The van der Waals surface area contributed by atoms with Gasteiger partial charge in [-0.25, -0.2) is 9.97 Å². The lowest BCUT2D eigenvalue weighted by atomic mass is 10.00. The molecular formula is C23H32N6O2. The number of rotatable bonds is 5. The van der Waals surface area contributed by atoms with Gasteiger partial charge in [0.25, 0.3) is 0 Å². The SMILES string of the molecule is CCC1CCCCN1c1ncnc(N2CCN(Cc3ccc4c(c3)OCO4)CC2)c1N. The fourth-order valence-corrected chi connectivity index (χ4v) is 4.98. The average molecular weight is 425 g/mol. The highest BCUT2D eigenvalue weighted by atomic mass is 16.7. The van der Waals surface area contributed by atoms with Crippen LogP contribution < -0.4 is 25.0 Å². The second kappa shape index (κ2) is 8.78. The molecule has 0 saturated carbocycles. The van der Waals surface area contributed by atoms with Crippen LogP contribution in [0.4, 0.5) is 17.3 Å². The van der Waals surface area contributed by atoms with Gasteiger partial charge in [0.2, 0.25) is 6.79 Å². The van der Waals surface area contributed by atoms with Gasteiger partial charge in [-0.05, 0) is 43.4 Å². The van der Waals surface area contributed by atoms with E-state index >= 15 is 0 Å². The molecule has 0 amide bonds. The molecule has 8 heteroatoms. The van der Waals surface area contributed by atoms with Crippen LogP contribution in [-0.2, 0) is 6.54 Å². The maximum atomic E-state index is 6.62. The molecular weight excluding hydrogens is 392 g/mol. The van der Waals surface area contributed by atoms with Crippen molar-refractivity contribution in [1.82, 2.24) is 14.9 Å².